The lowest BCUT2D eigenvalue weighted by molar-refractivity contribution is 0.462. The molecule has 74 valence electrons. The first-order chi connectivity index (χ1) is 6.06. The predicted molar refractivity (Wildman–Crippen MR) is 61.8 cm³/mol. The molecule has 0 aromatic rings. The van der Waals surface area contributed by atoms with Gasteiger partial charge in [-0.05, 0) is 24.3 Å². The summed E-state index contributed by atoms with van der Waals surface area (Å²) in [6.07, 6.45) is 5.31. The molecule has 13 heavy (non-hydrogen) atoms. The molecule has 0 spiro atoms. The lowest BCUT2D eigenvalue weighted by Gasteiger charge is -2.29. The van der Waals surface area contributed by atoms with Gasteiger partial charge in [-0.2, -0.15) is 11.8 Å². The van der Waals surface area contributed by atoms with Crippen LogP contribution in [0.5, 0.6) is 0 Å². The van der Waals surface area contributed by atoms with Crippen molar-refractivity contribution in [1.29, 1.82) is 0 Å². The van der Waals surface area contributed by atoms with Crippen LogP contribution < -0.4 is 0 Å². The van der Waals surface area contributed by atoms with Gasteiger partial charge in [-0.25, -0.2) is 4.39 Å². The van der Waals surface area contributed by atoms with Gasteiger partial charge in [0.25, 0.3) is 0 Å². The third-order valence-electron chi connectivity index (χ3n) is 2.26. The lowest BCUT2D eigenvalue weighted by Crippen LogP contribution is -2.23. The lowest BCUT2D eigenvalue weighted by atomic mass is 9.89. The molecule has 0 aromatic heterocycles. The molecule has 2 unspecified atom stereocenters. The van der Waals surface area contributed by atoms with E-state index in [4.69, 9.17) is 0 Å². The zero-order chi connectivity index (χ0) is 10.0. The maximum atomic E-state index is 13.0. The monoisotopic (exact) mass is 264 g/mol. The van der Waals surface area contributed by atoms with Crippen molar-refractivity contribution in [3.8, 4) is 0 Å². The maximum absolute atomic E-state index is 13.0. The summed E-state index contributed by atoms with van der Waals surface area (Å²) in [4.78, 5) is 0. The van der Waals surface area contributed by atoms with Crippen LogP contribution in [-0.4, -0.2) is 11.5 Å². The minimum atomic E-state index is -0.122. The Labute approximate surface area is 91.8 Å². The van der Waals surface area contributed by atoms with E-state index >= 15 is 0 Å². The minimum Gasteiger partial charge on any atom is -0.207 e. The molecule has 0 fully saturated rings. The summed E-state index contributed by atoms with van der Waals surface area (Å²) in [5, 5.41) is 0.263. The van der Waals surface area contributed by atoms with Crippen molar-refractivity contribution in [2.45, 2.75) is 19.1 Å². The minimum absolute atomic E-state index is 0.122. The van der Waals surface area contributed by atoms with Gasteiger partial charge in [-0.15, -0.1) is 0 Å². The van der Waals surface area contributed by atoms with Gasteiger partial charge in [-0.1, -0.05) is 29.8 Å². The topological polar surface area (TPSA) is 0 Å². The second-order valence-corrected chi connectivity index (χ2v) is 5.48. The summed E-state index contributed by atoms with van der Waals surface area (Å²) in [6.45, 7) is 4.33. The Balaban J connectivity index is 2.90. The third-order valence-corrected chi connectivity index (χ3v) is 3.99. The molecule has 0 aromatic carbocycles. The quantitative estimate of drug-likeness (QED) is 0.723. The average Bonchev–Trinajstić information content (AvgIpc) is 2.01. The van der Waals surface area contributed by atoms with Crippen LogP contribution in [0.2, 0.25) is 0 Å². The molecule has 0 N–H and O–H groups in total. The summed E-state index contributed by atoms with van der Waals surface area (Å²) >= 11 is 5.15. The average molecular weight is 265 g/mol. The molecule has 0 nitrogen and oxygen atoms in total. The summed E-state index contributed by atoms with van der Waals surface area (Å²) in [5.41, 5.74) is 0. The first-order valence-electron chi connectivity index (χ1n) is 4.33. The second-order valence-electron chi connectivity index (χ2n) is 3.55. The van der Waals surface area contributed by atoms with Crippen LogP contribution in [0.3, 0.4) is 0 Å². The Morgan fingerprint density at radius 3 is 2.62 bits per heavy atom. The number of allylic oxidation sites excluding steroid dienone is 3. The van der Waals surface area contributed by atoms with Crippen molar-refractivity contribution in [1.82, 2.24) is 0 Å². The third kappa shape index (κ3) is 2.59. The highest BCUT2D eigenvalue weighted by molar-refractivity contribution is 9.11. The molecule has 0 saturated carbocycles. The number of hydrogen-bond acceptors (Lipinski definition) is 1. The largest absolute Gasteiger partial charge is 0.207 e. The van der Waals surface area contributed by atoms with E-state index < -0.39 is 0 Å². The van der Waals surface area contributed by atoms with E-state index in [1.807, 2.05) is 6.26 Å². The van der Waals surface area contributed by atoms with Gasteiger partial charge in [0.1, 0.15) is 5.83 Å². The fourth-order valence-electron chi connectivity index (χ4n) is 1.61. The molecule has 0 heterocycles. The Morgan fingerprint density at radius 1 is 1.54 bits per heavy atom. The summed E-state index contributed by atoms with van der Waals surface area (Å²) in [7, 11) is 0. The highest BCUT2D eigenvalue weighted by atomic mass is 79.9. The van der Waals surface area contributed by atoms with E-state index in [0.29, 0.717) is 11.8 Å². The number of rotatable bonds is 2. The Kier molecular flexibility index (Phi) is 4.05. The van der Waals surface area contributed by atoms with E-state index in [2.05, 4.69) is 29.8 Å². The van der Waals surface area contributed by atoms with Crippen molar-refractivity contribution >= 4 is 27.7 Å². The summed E-state index contributed by atoms with van der Waals surface area (Å²) < 4.78 is 14.0. The van der Waals surface area contributed by atoms with E-state index in [1.165, 1.54) is 0 Å². The van der Waals surface area contributed by atoms with Crippen LogP contribution in [0.1, 0.15) is 13.8 Å². The van der Waals surface area contributed by atoms with Gasteiger partial charge < -0.3 is 0 Å². The van der Waals surface area contributed by atoms with Crippen LogP contribution >= 0.6 is 27.7 Å². The first-order valence-corrected chi connectivity index (χ1v) is 6.41. The van der Waals surface area contributed by atoms with Crippen molar-refractivity contribution in [2.75, 3.05) is 6.26 Å². The van der Waals surface area contributed by atoms with E-state index in [-0.39, 0.29) is 11.1 Å². The maximum Gasteiger partial charge on any atom is 0.121 e. The predicted octanol–water partition coefficient (Wildman–Crippen LogP) is 4.14. The van der Waals surface area contributed by atoms with Gasteiger partial charge in [0, 0.05) is 15.7 Å². The Morgan fingerprint density at radius 2 is 2.15 bits per heavy atom. The smallest absolute Gasteiger partial charge is 0.121 e. The van der Waals surface area contributed by atoms with Crippen molar-refractivity contribution in [3.05, 3.63) is 22.5 Å². The van der Waals surface area contributed by atoms with Gasteiger partial charge in [-0.3, -0.25) is 0 Å². The molecule has 0 aliphatic heterocycles. The standard InChI is InChI=1S/C10H14BrFS/c1-6(2)10-8(11)4-7(12)5-9(10)13-3/h4-6,9-10H,1-3H3. The molecule has 0 amide bonds. The normalized spacial score (nSPS) is 28.8. The molecule has 3 heteroatoms. The van der Waals surface area contributed by atoms with Crippen LogP contribution in [-0.2, 0) is 0 Å². The van der Waals surface area contributed by atoms with Gasteiger partial charge in [0.15, 0.2) is 0 Å². The van der Waals surface area contributed by atoms with Crippen LogP contribution in [0.15, 0.2) is 22.5 Å². The summed E-state index contributed by atoms with van der Waals surface area (Å²) in [5.74, 6) is 0.824. The Hall–Kier alpha value is 0.240. The van der Waals surface area contributed by atoms with E-state index in [9.17, 15) is 4.39 Å². The number of halogens is 2. The van der Waals surface area contributed by atoms with Crippen molar-refractivity contribution in [2.24, 2.45) is 11.8 Å². The molecule has 0 bridgehead atoms. The highest BCUT2D eigenvalue weighted by Crippen LogP contribution is 2.39. The molecule has 1 aliphatic rings. The van der Waals surface area contributed by atoms with E-state index in [1.54, 1.807) is 23.9 Å². The fourth-order valence-corrected chi connectivity index (χ4v) is 3.83. The zero-order valence-corrected chi connectivity index (χ0v) is 10.5. The second kappa shape index (κ2) is 4.65. The Bertz CT molecular complexity index is 245. The zero-order valence-electron chi connectivity index (χ0n) is 8.05. The molecule has 1 aliphatic carbocycles. The number of hydrogen-bond donors (Lipinski definition) is 0. The van der Waals surface area contributed by atoms with Crippen LogP contribution in [0.4, 0.5) is 4.39 Å². The molecule has 0 radical (unpaired) electrons. The molecule has 1 rings (SSSR count). The van der Waals surface area contributed by atoms with Gasteiger partial charge >= 0.3 is 0 Å². The van der Waals surface area contributed by atoms with Gasteiger partial charge in [0.2, 0.25) is 0 Å². The first kappa shape index (κ1) is 11.3. The van der Waals surface area contributed by atoms with Crippen molar-refractivity contribution in [3.63, 3.8) is 0 Å². The molecular formula is C10H14BrFS. The fraction of sp³-hybridized carbons (Fsp3) is 0.600. The summed E-state index contributed by atoms with van der Waals surface area (Å²) in [6, 6.07) is 0. The number of thioether (sulfide) groups is 1. The SMILES string of the molecule is CSC1C=C(F)C=C(Br)C1C(C)C. The van der Waals surface area contributed by atoms with Crippen LogP contribution in [0, 0.1) is 11.8 Å². The molecular weight excluding hydrogens is 251 g/mol. The molecule has 0 saturated heterocycles. The van der Waals surface area contributed by atoms with E-state index in [0.717, 1.165) is 4.48 Å². The molecule has 2 atom stereocenters. The van der Waals surface area contributed by atoms with Gasteiger partial charge in [0.05, 0.1) is 0 Å². The van der Waals surface area contributed by atoms with Crippen molar-refractivity contribution < 1.29 is 4.39 Å². The highest BCUT2D eigenvalue weighted by Gasteiger charge is 2.28. The van der Waals surface area contributed by atoms with Crippen LogP contribution in [0.25, 0.3) is 0 Å².